The molecule has 2 rings (SSSR count). The minimum Gasteiger partial charge on any atom is -0.323 e. The molecule has 0 aliphatic heterocycles. The summed E-state index contributed by atoms with van der Waals surface area (Å²) in [6.45, 7) is 5.88. The summed E-state index contributed by atoms with van der Waals surface area (Å²) in [5, 5.41) is 0. The molecule has 1 saturated carbocycles. The summed E-state index contributed by atoms with van der Waals surface area (Å²) in [6, 6.07) is 3.91. The first-order valence-corrected chi connectivity index (χ1v) is 7.02. The van der Waals surface area contributed by atoms with Crippen molar-refractivity contribution in [1.82, 2.24) is 0 Å². The monoisotopic (exact) mass is 249 g/mol. The third-order valence-corrected chi connectivity index (χ3v) is 4.78. The van der Waals surface area contributed by atoms with Crippen molar-refractivity contribution in [2.75, 3.05) is 0 Å². The Morgan fingerprint density at radius 2 is 1.72 bits per heavy atom. The van der Waals surface area contributed by atoms with Crippen LogP contribution in [0.5, 0.6) is 0 Å². The van der Waals surface area contributed by atoms with Gasteiger partial charge in [0.25, 0.3) is 0 Å². The molecule has 1 nitrogen and oxygen atoms in total. The van der Waals surface area contributed by atoms with Gasteiger partial charge in [-0.05, 0) is 55.2 Å². The van der Waals surface area contributed by atoms with Crippen LogP contribution in [0.3, 0.4) is 0 Å². The summed E-state index contributed by atoms with van der Waals surface area (Å²) in [6.07, 6.45) is 6.09. The first-order chi connectivity index (χ1) is 8.50. The molecule has 100 valence electrons. The number of aryl methyl sites for hydroxylation is 2. The van der Waals surface area contributed by atoms with Crippen LogP contribution in [0.15, 0.2) is 12.1 Å². The van der Waals surface area contributed by atoms with E-state index < -0.39 is 0 Å². The minimum absolute atomic E-state index is 0.0444. The predicted octanol–water partition coefficient (Wildman–Crippen LogP) is 4.41. The molecule has 0 heterocycles. The number of halogens is 1. The highest BCUT2D eigenvalue weighted by molar-refractivity contribution is 5.33. The number of benzene rings is 1. The second-order valence-electron chi connectivity index (χ2n) is 5.87. The lowest BCUT2D eigenvalue weighted by Gasteiger charge is -2.35. The fraction of sp³-hybridized carbons (Fsp3) is 0.625. The number of nitrogens with two attached hydrogens (primary N) is 1. The van der Waals surface area contributed by atoms with Gasteiger partial charge in [0, 0.05) is 6.04 Å². The van der Waals surface area contributed by atoms with E-state index in [1.54, 1.807) is 0 Å². The molecule has 0 spiro atoms. The average molecular weight is 249 g/mol. The van der Waals surface area contributed by atoms with Crippen LogP contribution in [0.2, 0.25) is 0 Å². The maximum absolute atomic E-state index is 13.7. The maximum atomic E-state index is 13.7. The third-order valence-electron chi connectivity index (χ3n) is 4.78. The van der Waals surface area contributed by atoms with Crippen molar-refractivity contribution in [3.63, 3.8) is 0 Å². The molecule has 18 heavy (non-hydrogen) atoms. The predicted molar refractivity (Wildman–Crippen MR) is 74.0 cm³/mol. The van der Waals surface area contributed by atoms with Gasteiger partial charge in [-0.3, -0.25) is 0 Å². The van der Waals surface area contributed by atoms with Gasteiger partial charge >= 0.3 is 0 Å². The minimum atomic E-state index is -0.0945. The molecule has 0 radical (unpaired) electrons. The van der Waals surface area contributed by atoms with Crippen molar-refractivity contribution >= 4 is 0 Å². The Labute approximate surface area is 110 Å². The largest absolute Gasteiger partial charge is 0.323 e. The van der Waals surface area contributed by atoms with E-state index in [2.05, 4.69) is 6.92 Å². The Morgan fingerprint density at radius 1 is 1.22 bits per heavy atom. The van der Waals surface area contributed by atoms with Crippen molar-refractivity contribution in [3.05, 3.63) is 34.6 Å². The summed E-state index contributed by atoms with van der Waals surface area (Å²) in [5.41, 5.74) is 9.28. The van der Waals surface area contributed by atoms with Crippen LogP contribution in [-0.2, 0) is 0 Å². The normalized spacial score (nSPS) is 20.1. The summed E-state index contributed by atoms with van der Waals surface area (Å²) in [5.74, 6) is -0.0945. The van der Waals surface area contributed by atoms with Crippen LogP contribution >= 0.6 is 0 Å². The summed E-state index contributed by atoms with van der Waals surface area (Å²) in [7, 11) is 0. The van der Waals surface area contributed by atoms with Crippen molar-refractivity contribution in [1.29, 1.82) is 0 Å². The smallest absolute Gasteiger partial charge is 0.129 e. The molecular weight excluding hydrogens is 225 g/mol. The van der Waals surface area contributed by atoms with Gasteiger partial charge in [-0.25, -0.2) is 4.39 Å². The molecule has 1 aliphatic carbocycles. The van der Waals surface area contributed by atoms with Gasteiger partial charge in [0.1, 0.15) is 5.82 Å². The molecule has 1 atom stereocenters. The Morgan fingerprint density at radius 3 is 2.17 bits per heavy atom. The zero-order chi connectivity index (χ0) is 13.3. The van der Waals surface area contributed by atoms with Crippen LogP contribution in [0.4, 0.5) is 4.39 Å². The van der Waals surface area contributed by atoms with E-state index in [-0.39, 0.29) is 17.3 Å². The molecule has 1 aromatic carbocycles. The number of rotatable bonds is 3. The van der Waals surface area contributed by atoms with Crippen molar-refractivity contribution in [2.24, 2.45) is 11.1 Å². The Balaban J connectivity index is 2.36. The first kappa shape index (κ1) is 13.5. The lowest BCUT2D eigenvalue weighted by atomic mass is 9.73. The zero-order valence-electron chi connectivity index (χ0n) is 11.7. The standard InChI is InChI=1S/C16H24FN/c1-4-16(7-5-6-8-16)15(18)13-9-11(2)14(17)12(3)10-13/h9-10,15H,4-8,18H2,1-3H3. The van der Waals surface area contributed by atoms with Crippen molar-refractivity contribution < 1.29 is 4.39 Å². The molecule has 0 saturated heterocycles. The third kappa shape index (κ3) is 2.18. The molecule has 2 heteroatoms. The van der Waals surface area contributed by atoms with Gasteiger partial charge in [0.15, 0.2) is 0 Å². The molecule has 2 N–H and O–H groups in total. The second-order valence-corrected chi connectivity index (χ2v) is 5.87. The molecule has 0 aromatic heterocycles. The van der Waals surface area contributed by atoms with Gasteiger partial charge in [-0.2, -0.15) is 0 Å². The van der Waals surface area contributed by atoms with Crippen LogP contribution < -0.4 is 5.73 Å². The van der Waals surface area contributed by atoms with Gasteiger partial charge in [-0.1, -0.05) is 31.9 Å². The van der Waals surface area contributed by atoms with Crippen LogP contribution in [-0.4, -0.2) is 0 Å². The van der Waals surface area contributed by atoms with E-state index in [0.717, 1.165) is 12.0 Å². The fourth-order valence-electron chi connectivity index (χ4n) is 3.48. The van der Waals surface area contributed by atoms with Crippen LogP contribution in [0.1, 0.15) is 61.8 Å². The van der Waals surface area contributed by atoms with E-state index >= 15 is 0 Å². The second kappa shape index (κ2) is 5.00. The summed E-state index contributed by atoms with van der Waals surface area (Å²) < 4.78 is 13.7. The SMILES string of the molecule is CCC1(C(N)c2cc(C)c(F)c(C)c2)CCCC1. The number of hydrogen-bond donors (Lipinski definition) is 1. The lowest BCUT2D eigenvalue weighted by molar-refractivity contribution is 0.222. The molecule has 1 aromatic rings. The zero-order valence-corrected chi connectivity index (χ0v) is 11.7. The lowest BCUT2D eigenvalue weighted by Crippen LogP contribution is -2.31. The Hall–Kier alpha value is -0.890. The van der Waals surface area contributed by atoms with Gasteiger partial charge < -0.3 is 5.73 Å². The van der Waals surface area contributed by atoms with Crippen LogP contribution in [0, 0.1) is 25.1 Å². The highest BCUT2D eigenvalue weighted by Gasteiger charge is 2.38. The first-order valence-electron chi connectivity index (χ1n) is 7.02. The highest BCUT2D eigenvalue weighted by atomic mass is 19.1. The van der Waals surface area contributed by atoms with Crippen molar-refractivity contribution in [3.8, 4) is 0 Å². The van der Waals surface area contributed by atoms with E-state index in [1.807, 2.05) is 26.0 Å². The topological polar surface area (TPSA) is 26.0 Å². The highest BCUT2D eigenvalue weighted by Crippen LogP contribution is 2.49. The van der Waals surface area contributed by atoms with E-state index in [1.165, 1.54) is 25.7 Å². The maximum Gasteiger partial charge on any atom is 0.129 e. The molecule has 0 bridgehead atoms. The van der Waals surface area contributed by atoms with E-state index in [4.69, 9.17) is 5.73 Å². The Kier molecular flexibility index (Phi) is 3.76. The summed E-state index contributed by atoms with van der Waals surface area (Å²) in [4.78, 5) is 0. The fourth-order valence-corrected chi connectivity index (χ4v) is 3.48. The van der Waals surface area contributed by atoms with Gasteiger partial charge in [0.05, 0.1) is 0 Å². The average Bonchev–Trinajstić information content (AvgIpc) is 2.84. The molecule has 1 fully saturated rings. The molecule has 1 aliphatic rings. The number of hydrogen-bond acceptors (Lipinski definition) is 1. The molecule has 0 amide bonds. The quantitative estimate of drug-likeness (QED) is 0.843. The van der Waals surface area contributed by atoms with Crippen LogP contribution in [0.25, 0.3) is 0 Å². The molecule has 1 unspecified atom stereocenters. The van der Waals surface area contributed by atoms with E-state index in [9.17, 15) is 4.39 Å². The summed E-state index contributed by atoms with van der Waals surface area (Å²) >= 11 is 0. The Bertz CT molecular complexity index is 410. The molecular formula is C16H24FN. The van der Waals surface area contributed by atoms with Crippen molar-refractivity contribution in [2.45, 2.75) is 58.9 Å². The van der Waals surface area contributed by atoms with Gasteiger partial charge in [-0.15, -0.1) is 0 Å². The van der Waals surface area contributed by atoms with E-state index in [0.29, 0.717) is 11.1 Å². The van der Waals surface area contributed by atoms with Gasteiger partial charge in [0.2, 0.25) is 0 Å².